The van der Waals surface area contributed by atoms with Gasteiger partial charge in [0.15, 0.2) is 0 Å². The summed E-state index contributed by atoms with van der Waals surface area (Å²) in [7, 11) is 0. The third-order valence-corrected chi connectivity index (χ3v) is 5.55. The predicted molar refractivity (Wildman–Crippen MR) is 130 cm³/mol. The van der Waals surface area contributed by atoms with E-state index in [1.54, 1.807) is 0 Å². The van der Waals surface area contributed by atoms with Crippen molar-refractivity contribution < 1.29 is 45.0 Å². The van der Waals surface area contributed by atoms with Gasteiger partial charge in [-0.1, -0.05) is 77.0 Å². The zero-order valence-corrected chi connectivity index (χ0v) is 20.7. The fraction of sp³-hybridized carbons (Fsp3) is 0.880. The van der Waals surface area contributed by atoms with E-state index in [0.29, 0.717) is 25.7 Å². The molecular weight excluding hydrogens is 444 g/mol. The second kappa shape index (κ2) is 25.9. The Labute approximate surface area is 204 Å². The lowest BCUT2D eigenvalue weighted by molar-refractivity contribution is -0.139. The van der Waals surface area contributed by atoms with Gasteiger partial charge in [0.05, 0.1) is 12.7 Å². The van der Waals surface area contributed by atoms with E-state index >= 15 is 0 Å². The van der Waals surface area contributed by atoms with Crippen LogP contribution in [0, 0.1) is 0 Å². The van der Waals surface area contributed by atoms with Gasteiger partial charge in [-0.2, -0.15) is 0 Å². The number of aliphatic carboxylic acids is 3. The average Bonchev–Trinajstić information content (AvgIpc) is 2.78. The summed E-state index contributed by atoms with van der Waals surface area (Å²) in [5, 5.41) is 52.2. The molecule has 0 aliphatic carbocycles. The number of carboxylic acids is 3. The zero-order valence-electron chi connectivity index (χ0n) is 20.7. The van der Waals surface area contributed by atoms with Gasteiger partial charge in [-0.05, 0) is 25.7 Å². The molecule has 9 nitrogen and oxygen atoms in total. The Bertz CT molecular complexity index is 481. The minimum atomic E-state index is -0.998. The molecule has 0 amide bonds. The summed E-state index contributed by atoms with van der Waals surface area (Å²) in [6.07, 6.45) is 15.1. The van der Waals surface area contributed by atoms with Crippen molar-refractivity contribution in [2.45, 2.75) is 134 Å². The van der Waals surface area contributed by atoms with Crippen molar-refractivity contribution in [2.75, 3.05) is 6.61 Å². The molecular formula is C25H48O9. The summed E-state index contributed by atoms with van der Waals surface area (Å²) in [6.45, 7) is -0.372. The smallest absolute Gasteiger partial charge is 0.303 e. The largest absolute Gasteiger partial charge is 0.481 e. The van der Waals surface area contributed by atoms with Gasteiger partial charge in [0.25, 0.3) is 0 Å². The molecule has 0 aliphatic rings. The van der Waals surface area contributed by atoms with Crippen LogP contribution in [0.4, 0.5) is 0 Å². The Morgan fingerprint density at radius 2 is 0.706 bits per heavy atom. The average molecular weight is 493 g/mol. The maximum absolute atomic E-state index is 10.4. The van der Waals surface area contributed by atoms with E-state index in [1.165, 1.54) is 51.4 Å². The lowest BCUT2D eigenvalue weighted by atomic mass is 10.0. The molecule has 0 rings (SSSR count). The molecule has 0 saturated carbocycles. The van der Waals surface area contributed by atoms with Crippen LogP contribution in [0.2, 0.25) is 0 Å². The molecule has 0 aliphatic heterocycles. The first-order valence-electron chi connectivity index (χ1n) is 12.8. The highest BCUT2D eigenvalue weighted by molar-refractivity contribution is 5.68. The molecule has 0 aromatic carbocycles. The highest BCUT2D eigenvalue weighted by Gasteiger charge is 2.13. The Kier molecular flexibility index (Phi) is 26.3. The topological polar surface area (TPSA) is 173 Å². The summed E-state index contributed by atoms with van der Waals surface area (Å²) in [5.74, 6) is -2.43. The third-order valence-electron chi connectivity index (χ3n) is 5.55. The molecule has 9 heteroatoms. The zero-order chi connectivity index (χ0) is 26.0. The second-order valence-electron chi connectivity index (χ2n) is 8.84. The number of rotatable bonds is 23. The van der Waals surface area contributed by atoms with Crippen LogP contribution in [0.3, 0.4) is 0 Å². The molecule has 0 saturated heterocycles. The fourth-order valence-electron chi connectivity index (χ4n) is 3.44. The molecule has 2 unspecified atom stereocenters. The highest BCUT2D eigenvalue weighted by Crippen LogP contribution is 2.14. The third kappa shape index (κ3) is 30.3. The van der Waals surface area contributed by atoms with Gasteiger partial charge in [-0.3, -0.25) is 14.4 Å². The van der Waals surface area contributed by atoms with Crippen LogP contribution < -0.4 is 0 Å². The van der Waals surface area contributed by atoms with E-state index in [2.05, 4.69) is 0 Å². The molecule has 0 heterocycles. The van der Waals surface area contributed by atoms with Gasteiger partial charge < -0.3 is 30.6 Å². The van der Waals surface area contributed by atoms with Crippen LogP contribution in [-0.2, 0) is 14.4 Å². The van der Waals surface area contributed by atoms with Crippen molar-refractivity contribution in [3.05, 3.63) is 0 Å². The monoisotopic (exact) mass is 492 g/mol. The van der Waals surface area contributed by atoms with Crippen molar-refractivity contribution in [2.24, 2.45) is 0 Å². The van der Waals surface area contributed by atoms with E-state index < -0.39 is 30.1 Å². The lowest BCUT2D eigenvalue weighted by Gasteiger charge is -2.14. The van der Waals surface area contributed by atoms with Crippen molar-refractivity contribution >= 4 is 17.9 Å². The second-order valence-corrected chi connectivity index (χ2v) is 8.84. The van der Waals surface area contributed by atoms with Gasteiger partial charge in [-0.25, -0.2) is 0 Å². The van der Waals surface area contributed by atoms with Gasteiger partial charge >= 0.3 is 17.9 Å². The summed E-state index contributed by atoms with van der Waals surface area (Å²) >= 11 is 0. The van der Waals surface area contributed by atoms with Gasteiger partial charge in [-0.15, -0.1) is 0 Å². The number of unbranched alkanes of at least 4 members (excludes halogenated alkanes) is 13. The normalized spacial score (nSPS) is 12.4. The molecule has 202 valence electrons. The van der Waals surface area contributed by atoms with Crippen LogP contribution in [-0.4, -0.2) is 67.4 Å². The summed E-state index contributed by atoms with van der Waals surface area (Å²) in [4.78, 5) is 30.1. The molecule has 6 N–H and O–H groups in total. The van der Waals surface area contributed by atoms with Crippen LogP contribution >= 0.6 is 0 Å². The van der Waals surface area contributed by atoms with Crippen molar-refractivity contribution in [1.82, 2.24) is 0 Å². The Hall–Kier alpha value is -1.71. The summed E-state index contributed by atoms with van der Waals surface area (Å²) in [5.41, 5.74) is 0. The number of carboxylic acid groups (broad SMARTS) is 3. The molecule has 2 atom stereocenters. The van der Waals surface area contributed by atoms with Gasteiger partial charge in [0.2, 0.25) is 0 Å². The number of carbonyl (C=O) groups is 3. The number of hydrogen-bond donors (Lipinski definition) is 6. The molecule has 0 radical (unpaired) electrons. The first-order valence-corrected chi connectivity index (χ1v) is 12.8. The lowest BCUT2D eigenvalue weighted by Crippen LogP contribution is -2.28. The maximum Gasteiger partial charge on any atom is 0.303 e. The van der Waals surface area contributed by atoms with Gasteiger partial charge in [0.1, 0.15) is 6.10 Å². The SMILES string of the molecule is O=C(O)CCCCC(=O)O.O=C(O)CCCCCCCCCCCCCCCC(O)C(O)CO. The first kappa shape index (κ1) is 34.5. The van der Waals surface area contributed by atoms with Crippen LogP contribution in [0.5, 0.6) is 0 Å². The summed E-state index contributed by atoms with van der Waals surface area (Å²) in [6, 6.07) is 0. The van der Waals surface area contributed by atoms with E-state index in [1.807, 2.05) is 0 Å². The molecule has 34 heavy (non-hydrogen) atoms. The van der Waals surface area contributed by atoms with Gasteiger partial charge in [0, 0.05) is 19.3 Å². The van der Waals surface area contributed by atoms with E-state index in [9.17, 15) is 24.6 Å². The maximum atomic E-state index is 10.4. The standard InChI is InChI=1S/C19H38O5.C6H10O4/c20-16-18(22)17(21)14-12-10-8-6-4-2-1-3-5-7-9-11-13-15-19(23)24;7-5(8)3-1-2-4-6(9)10/h17-18,20-22H,1-16H2,(H,23,24);1-4H2,(H,7,8)(H,9,10). The van der Waals surface area contributed by atoms with E-state index in [4.69, 9.17) is 20.4 Å². The summed E-state index contributed by atoms with van der Waals surface area (Å²) < 4.78 is 0. The number of aliphatic hydroxyl groups is 3. The van der Waals surface area contributed by atoms with Crippen molar-refractivity contribution in [3.63, 3.8) is 0 Å². The van der Waals surface area contributed by atoms with E-state index in [0.717, 1.165) is 32.1 Å². The van der Waals surface area contributed by atoms with Crippen LogP contribution in [0.1, 0.15) is 122 Å². The molecule has 0 spiro atoms. The first-order chi connectivity index (χ1) is 16.2. The minimum absolute atomic E-state index is 0.0628. The Balaban J connectivity index is 0. The highest BCUT2D eigenvalue weighted by atomic mass is 16.4. The number of aliphatic hydroxyl groups excluding tert-OH is 3. The Morgan fingerprint density at radius 3 is 1.00 bits per heavy atom. The molecule has 0 aromatic rings. The molecule has 0 aromatic heterocycles. The van der Waals surface area contributed by atoms with Crippen molar-refractivity contribution in [1.29, 1.82) is 0 Å². The molecule has 0 bridgehead atoms. The number of hydrogen-bond acceptors (Lipinski definition) is 6. The van der Waals surface area contributed by atoms with Crippen LogP contribution in [0.25, 0.3) is 0 Å². The predicted octanol–water partition coefficient (Wildman–Crippen LogP) is 4.35. The quantitative estimate of drug-likeness (QED) is 0.113. The minimum Gasteiger partial charge on any atom is -0.481 e. The fourth-order valence-corrected chi connectivity index (χ4v) is 3.44. The van der Waals surface area contributed by atoms with Crippen molar-refractivity contribution in [3.8, 4) is 0 Å². The van der Waals surface area contributed by atoms with Crippen LogP contribution in [0.15, 0.2) is 0 Å². The molecule has 0 fully saturated rings. The Morgan fingerprint density at radius 1 is 0.441 bits per heavy atom. The van der Waals surface area contributed by atoms with E-state index in [-0.39, 0.29) is 19.4 Å².